The van der Waals surface area contributed by atoms with Gasteiger partial charge in [-0.25, -0.2) is 12.8 Å². The molecule has 0 amide bonds. The van der Waals surface area contributed by atoms with Crippen LogP contribution in [-0.4, -0.2) is 32.3 Å². The summed E-state index contributed by atoms with van der Waals surface area (Å²) in [6, 6.07) is 17.8. The predicted octanol–water partition coefficient (Wildman–Crippen LogP) is 3.34. The van der Waals surface area contributed by atoms with Gasteiger partial charge < -0.3 is 4.74 Å². The van der Waals surface area contributed by atoms with Crippen LogP contribution in [0.3, 0.4) is 0 Å². The quantitative estimate of drug-likeness (QED) is 0.609. The Morgan fingerprint density at radius 3 is 2.41 bits per heavy atom. The maximum absolute atomic E-state index is 13.0. The molecule has 3 aromatic rings. The maximum Gasteiger partial charge on any atom is 0.321 e. The van der Waals surface area contributed by atoms with Crippen molar-refractivity contribution in [2.24, 2.45) is 0 Å². The summed E-state index contributed by atoms with van der Waals surface area (Å²) in [6.07, 6.45) is 0. The number of hydrogen-bond acceptors (Lipinski definition) is 4. The number of nitrogens with zero attached hydrogens (tertiary/aromatic N) is 1. The van der Waals surface area contributed by atoms with E-state index in [1.54, 1.807) is 0 Å². The molecule has 0 spiro atoms. The molecule has 0 N–H and O–H groups in total. The van der Waals surface area contributed by atoms with E-state index in [0.717, 1.165) is 44.9 Å². The summed E-state index contributed by atoms with van der Waals surface area (Å²) in [5.41, 5.74) is 0.838. The van der Waals surface area contributed by atoms with Crippen molar-refractivity contribution in [1.29, 1.82) is 0 Å². The predicted molar refractivity (Wildman–Crippen MR) is 100.0 cm³/mol. The first-order valence-electron chi connectivity index (χ1n) is 8.22. The van der Waals surface area contributed by atoms with Crippen molar-refractivity contribution in [1.82, 2.24) is 4.31 Å². The van der Waals surface area contributed by atoms with Crippen molar-refractivity contribution in [3.63, 3.8) is 0 Å². The molecule has 27 heavy (non-hydrogen) atoms. The molecule has 0 bridgehead atoms. The number of carbonyl (C=O) groups excluding carboxylic acids is 1. The van der Waals surface area contributed by atoms with E-state index < -0.39 is 28.4 Å². The van der Waals surface area contributed by atoms with Gasteiger partial charge in [0.15, 0.2) is 0 Å². The van der Waals surface area contributed by atoms with Crippen molar-refractivity contribution in [3.05, 3.63) is 78.1 Å². The van der Waals surface area contributed by atoms with Gasteiger partial charge in [0.2, 0.25) is 10.0 Å². The molecule has 0 aliphatic rings. The minimum atomic E-state index is -3.90. The molecule has 5 nitrogen and oxygen atoms in total. The molecule has 0 heterocycles. The van der Waals surface area contributed by atoms with Gasteiger partial charge >= 0.3 is 5.97 Å². The highest BCUT2D eigenvalue weighted by atomic mass is 32.2. The fourth-order valence-electron chi connectivity index (χ4n) is 2.68. The molecule has 0 unspecified atom stereocenters. The zero-order valence-corrected chi connectivity index (χ0v) is 15.4. The normalized spacial score (nSPS) is 11.7. The number of esters is 1. The first-order chi connectivity index (χ1) is 12.9. The largest absolute Gasteiger partial charge is 0.460 e. The third-order valence-corrected chi connectivity index (χ3v) is 5.96. The number of sulfonamides is 1. The summed E-state index contributed by atoms with van der Waals surface area (Å²) < 4.78 is 44.0. The van der Waals surface area contributed by atoms with Gasteiger partial charge in [-0.1, -0.05) is 42.5 Å². The van der Waals surface area contributed by atoms with Gasteiger partial charge in [-0.05, 0) is 40.6 Å². The van der Waals surface area contributed by atoms with Crippen LogP contribution in [0.2, 0.25) is 0 Å². The van der Waals surface area contributed by atoms with Gasteiger partial charge in [-0.15, -0.1) is 0 Å². The molecule has 0 aliphatic carbocycles. The van der Waals surface area contributed by atoms with E-state index in [1.807, 2.05) is 42.5 Å². The third-order valence-electron chi connectivity index (χ3n) is 4.14. The Balaban J connectivity index is 1.65. The van der Waals surface area contributed by atoms with Gasteiger partial charge in [0, 0.05) is 7.05 Å². The lowest BCUT2D eigenvalue weighted by Gasteiger charge is -2.16. The van der Waals surface area contributed by atoms with E-state index >= 15 is 0 Å². The van der Waals surface area contributed by atoms with E-state index in [1.165, 1.54) is 7.05 Å². The highest BCUT2D eigenvalue weighted by Crippen LogP contribution is 2.19. The fraction of sp³-hybridized carbons (Fsp3) is 0.150. The zero-order chi connectivity index (χ0) is 19.4. The van der Waals surface area contributed by atoms with Crippen molar-refractivity contribution in [3.8, 4) is 0 Å². The molecular formula is C20H18FNO4S. The van der Waals surface area contributed by atoms with Crippen LogP contribution >= 0.6 is 0 Å². The smallest absolute Gasteiger partial charge is 0.321 e. The fourth-order valence-corrected chi connectivity index (χ4v) is 3.79. The lowest BCUT2D eigenvalue weighted by Crippen LogP contribution is -2.33. The molecule has 0 saturated carbocycles. The average molecular weight is 387 g/mol. The van der Waals surface area contributed by atoms with Crippen molar-refractivity contribution >= 4 is 26.8 Å². The molecule has 0 aromatic heterocycles. The Bertz CT molecular complexity index is 1060. The molecule has 0 atom stereocenters. The highest BCUT2D eigenvalue weighted by Gasteiger charge is 2.23. The topological polar surface area (TPSA) is 63.7 Å². The van der Waals surface area contributed by atoms with Gasteiger partial charge in [-0.2, -0.15) is 4.31 Å². The molecule has 0 saturated heterocycles. The molecule has 3 aromatic carbocycles. The summed E-state index contributed by atoms with van der Waals surface area (Å²) in [6.45, 7) is -0.394. The SMILES string of the molecule is CN(CC(=O)OCc1cccc2ccccc12)S(=O)(=O)c1ccc(F)cc1. The number of likely N-dealkylation sites (N-methyl/N-ethyl adjacent to an activating group) is 1. The molecule has 7 heteroatoms. The Labute approximate surface area is 157 Å². The third kappa shape index (κ3) is 4.32. The van der Waals surface area contributed by atoms with Gasteiger partial charge in [0.1, 0.15) is 19.0 Å². The van der Waals surface area contributed by atoms with Crippen LogP contribution in [0.25, 0.3) is 10.8 Å². The Morgan fingerprint density at radius 1 is 1.00 bits per heavy atom. The molecule has 0 radical (unpaired) electrons. The van der Waals surface area contributed by atoms with E-state index in [4.69, 9.17) is 4.74 Å². The number of rotatable bonds is 6. The summed E-state index contributed by atoms with van der Waals surface area (Å²) in [5, 5.41) is 2.00. The minimum absolute atomic E-state index is 0.0463. The Kier molecular flexibility index (Phi) is 5.53. The monoisotopic (exact) mass is 387 g/mol. The second kappa shape index (κ2) is 7.85. The number of carbonyl (C=O) groups is 1. The van der Waals surface area contributed by atoms with Crippen molar-refractivity contribution in [2.45, 2.75) is 11.5 Å². The first kappa shape index (κ1) is 19.0. The summed E-state index contributed by atoms with van der Waals surface area (Å²) >= 11 is 0. The van der Waals surface area contributed by atoms with Crippen LogP contribution in [-0.2, 0) is 26.2 Å². The molecule has 140 valence electrons. The average Bonchev–Trinajstić information content (AvgIpc) is 2.66. The summed E-state index contributed by atoms with van der Waals surface area (Å²) in [7, 11) is -2.63. The minimum Gasteiger partial charge on any atom is -0.460 e. The highest BCUT2D eigenvalue weighted by molar-refractivity contribution is 7.89. The second-order valence-corrected chi connectivity index (χ2v) is 8.06. The molecule has 3 rings (SSSR count). The van der Waals surface area contributed by atoms with Crippen LogP contribution in [0, 0.1) is 5.82 Å². The molecular weight excluding hydrogens is 369 g/mol. The summed E-state index contributed by atoms with van der Waals surface area (Å²) in [4.78, 5) is 12.0. The van der Waals surface area contributed by atoms with E-state index in [-0.39, 0.29) is 11.5 Å². The number of halogens is 1. The lowest BCUT2D eigenvalue weighted by atomic mass is 10.1. The number of ether oxygens (including phenoxy) is 1. The van der Waals surface area contributed by atoms with Crippen LogP contribution in [0.1, 0.15) is 5.56 Å². The second-order valence-electron chi connectivity index (χ2n) is 6.01. The first-order valence-corrected chi connectivity index (χ1v) is 9.66. The van der Waals surface area contributed by atoms with E-state index in [0.29, 0.717) is 0 Å². The Morgan fingerprint density at radius 2 is 1.67 bits per heavy atom. The van der Waals surface area contributed by atoms with E-state index in [9.17, 15) is 17.6 Å². The van der Waals surface area contributed by atoms with Gasteiger partial charge in [-0.3, -0.25) is 4.79 Å². The van der Waals surface area contributed by atoms with E-state index in [2.05, 4.69) is 0 Å². The summed E-state index contributed by atoms with van der Waals surface area (Å²) in [5.74, 6) is -1.21. The van der Waals surface area contributed by atoms with Crippen molar-refractivity contribution < 1.29 is 22.3 Å². The van der Waals surface area contributed by atoms with Gasteiger partial charge in [0.25, 0.3) is 0 Å². The molecule has 0 aliphatic heterocycles. The lowest BCUT2D eigenvalue weighted by molar-refractivity contribution is -0.144. The zero-order valence-electron chi connectivity index (χ0n) is 14.6. The standard InChI is InChI=1S/C20H18FNO4S/c1-22(27(24,25)18-11-9-17(21)10-12-18)13-20(23)26-14-16-7-4-6-15-5-2-3-8-19(15)16/h2-12H,13-14H2,1H3. The van der Waals surface area contributed by atoms with Crippen LogP contribution in [0.5, 0.6) is 0 Å². The maximum atomic E-state index is 13.0. The van der Waals surface area contributed by atoms with Gasteiger partial charge in [0.05, 0.1) is 4.90 Å². The number of benzene rings is 3. The van der Waals surface area contributed by atoms with Crippen LogP contribution in [0.4, 0.5) is 4.39 Å². The van der Waals surface area contributed by atoms with Crippen LogP contribution < -0.4 is 0 Å². The van der Waals surface area contributed by atoms with Crippen molar-refractivity contribution in [2.75, 3.05) is 13.6 Å². The molecule has 0 fully saturated rings. The number of hydrogen-bond donors (Lipinski definition) is 0. The Hall–Kier alpha value is -2.77. The number of fused-ring (bicyclic) bond motifs is 1. The van der Waals surface area contributed by atoms with Crippen LogP contribution in [0.15, 0.2) is 71.6 Å².